The minimum atomic E-state index is -0.657. The number of rotatable bonds is 7. The van der Waals surface area contributed by atoms with Crippen LogP contribution in [0.1, 0.15) is 34.5 Å². The van der Waals surface area contributed by atoms with Gasteiger partial charge >= 0.3 is 0 Å². The molecule has 1 saturated carbocycles. The summed E-state index contributed by atoms with van der Waals surface area (Å²) in [4.78, 5) is 18.0. The number of carbonyl (C=O) groups excluding carboxylic acids is 1. The topological polar surface area (TPSA) is 68.5 Å². The Morgan fingerprint density at radius 3 is 2.67 bits per heavy atom. The summed E-state index contributed by atoms with van der Waals surface area (Å²) >= 11 is 0. The number of para-hydroxylation sites is 1. The molecule has 0 radical (unpaired) electrons. The van der Waals surface area contributed by atoms with E-state index in [1.54, 1.807) is 19.2 Å². The lowest BCUT2D eigenvalue weighted by molar-refractivity contribution is 0.102. The van der Waals surface area contributed by atoms with Gasteiger partial charge in [0.15, 0.2) is 0 Å². The Hall–Kier alpha value is -3.48. The van der Waals surface area contributed by atoms with Gasteiger partial charge in [-0.2, -0.15) is 9.49 Å². The summed E-state index contributed by atoms with van der Waals surface area (Å²) in [5, 5.41) is 10.8. The molecule has 1 amide bonds. The second-order valence-corrected chi connectivity index (χ2v) is 7.47. The van der Waals surface area contributed by atoms with Gasteiger partial charge < -0.3 is 10.2 Å². The first-order chi connectivity index (χ1) is 14.5. The van der Waals surface area contributed by atoms with Crippen LogP contribution < -0.4 is 5.32 Å². The number of hydrogen-bond acceptors (Lipinski definition) is 4. The van der Waals surface area contributed by atoms with Crippen molar-refractivity contribution in [2.45, 2.75) is 19.8 Å². The smallest absolute Gasteiger partial charge is 0.262 e. The molecule has 7 heteroatoms. The number of nitrogens with one attached hydrogen (secondary N) is 1. The molecule has 1 aliphatic carbocycles. The van der Waals surface area contributed by atoms with E-state index in [2.05, 4.69) is 15.6 Å². The number of oxime groups is 1. The van der Waals surface area contributed by atoms with Crippen LogP contribution in [-0.4, -0.2) is 28.5 Å². The van der Waals surface area contributed by atoms with Crippen molar-refractivity contribution in [3.63, 3.8) is 0 Å². The Labute approximate surface area is 174 Å². The molecule has 1 aliphatic rings. The van der Waals surface area contributed by atoms with Crippen LogP contribution in [0.4, 0.5) is 10.1 Å². The molecule has 0 saturated heterocycles. The van der Waals surface area contributed by atoms with Crippen molar-refractivity contribution in [1.29, 1.82) is 0 Å². The van der Waals surface area contributed by atoms with E-state index >= 15 is 0 Å². The number of hydrogen-bond donors (Lipinski definition) is 1. The first-order valence-corrected chi connectivity index (χ1v) is 9.88. The number of aromatic nitrogens is 2. The standard InChI is InChI=1S/C23H23FN4O2/c1-15-21(22(24)28(2)27-15)23(29)26-20-6-4-3-5-19(20)18-11-9-16(10-12-18)13-25-30-14-17-7-8-17/h3-6,9-13,17H,7-8,14H2,1-2H3,(H,26,29). The van der Waals surface area contributed by atoms with Crippen LogP contribution in [0, 0.1) is 18.8 Å². The lowest BCUT2D eigenvalue weighted by Crippen LogP contribution is -2.15. The highest BCUT2D eigenvalue weighted by atomic mass is 19.1. The minimum absolute atomic E-state index is 0.0509. The lowest BCUT2D eigenvalue weighted by atomic mass is 10.0. The minimum Gasteiger partial charge on any atom is -0.396 e. The number of amides is 1. The van der Waals surface area contributed by atoms with Crippen LogP contribution >= 0.6 is 0 Å². The van der Waals surface area contributed by atoms with E-state index in [1.807, 2.05) is 42.5 Å². The van der Waals surface area contributed by atoms with E-state index < -0.39 is 11.9 Å². The van der Waals surface area contributed by atoms with Gasteiger partial charge in [0.05, 0.1) is 11.9 Å². The lowest BCUT2D eigenvalue weighted by Gasteiger charge is -2.11. The predicted molar refractivity (Wildman–Crippen MR) is 114 cm³/mol. The molecule has 2 aromatic carbocycles. The zero-order chi connectivity index (χ0) is 21.1. The number of aryl methyl sites for hydroxylation is 2. The highest BCUT2D eigenvalue weighted by Crippen LogP contribution is 2.29. The fourth-order valence-electron chi connectivity index (χ4n) is 3.20. The van der Waals surface area contributed by atoms with E-state index in [4.69, 9.17) is 4.84 Å². The average molecular weight is 406 g/mol. The number of anilines is 1. The van der Waals surface area contributed by atoms with Gasteiger partial charge in [-0.3, -0.25) is 4.79 Å². The van der Waals surface area contributed by atoms with Gasteiger partial charge in [0.1, 0.15) is 12.2 Å². The summed E-state index contributed by atoms with van der Waals surface area (Å²) in [5.41, 5.74) is 3.57. The third-order valence-corrected chi connectivity index (χ3v) is 5.06. The van der Waals surface area contributed by atoms with E-state index in [-0.39, 0.29) is 5.56 Å². The van der Waals surface area contributed by atoms with Crippen LogP contribution in [-0.2, 0) is 11.9 Å². The predicted octanol–water partition coefficient (Wildman–Crippen LogP) is 4.55. The molecule has 6 nitrogen and oxygen atoms in total. The Kier molecular flexibility index (Phi) is 5.61. The second-order valence-electron chi connectivity index (χ2n) is 7.47. The summed E-state index contributed by atoms with van der Waals surface area (Å²) in [6.07, 6.45) is 4.15. The van der Waals surface area contributed by atoms with Crippen molar-refractivity contribution in [1.82, 2.24) is 9.78 Å². The van der Waals surface area contributed by atoms with Crippen molar-refractivity contribution < 1.29 is 14.0 Å². The first kappa shape index (κ1) is 19.8. The second kappa shape index (κ2) is 8.49. The molecular weight excluding hydrogens is 383 g/mol. The Bertz CT molecular complexity index is 1090. The number of nitrogens with zero attached hydrogens (tertiary/aromatic N) is 3. The fourth-order valence-corrected chi connectivity index (χ4v) is 3.20. The van der Waals surface area contributed by atoms with Gasteiger partial charge in [0.25, 0.3) is 5.91 Å². The Balaban J connectivity index is 1.50. The maximum Gasteiger partial charge on any atom is 0.262 e. The molecule has 30 heavy (non-hydrogen) atoms. The third kappa shape index (κ3) is 4.40. The number of halogens is 1. The molecule has 3 aromatic rings. The summed E-state index contributed by atoms with van der Waals surface area (Å²) in [6, 6.07) is 15.2. The highest BCUT2D eigenvalue weighted by molar-refractivity contribution is 6.07. The van der Waals surface area contributed by atoms with Gasteiger partial charge in [-0.1, -0.05) is 47.6 Å². The summed E-state index contributed by atoms with van der Waals surface area (Å²) in [7, 11) is 1.47. The molecule has 4 rings (SSSR count). The highest BCUT2D eigenvalue weighted by Gasteiger charge is 2.22. The van der Waals surface area contributed by atoms with Crippen LogP contribution in [0.15, 0.2) is 53.7 Å². The van der Waals surface area contributed by atoms with E-state index in [1.165, 1.54) is 19.9 Å². The Morgan fingerprint density at radius 1 is 1.27 bits per heavy atom. The van der Waals surface area contributed by atoms with E-state index in [0.29, 0.717) is 23.9 Å². The Morgan fingerprint density at radius 2 is 2.00 bits per heavy atom. The molecule has 0 spiro atoms. The van der Waals surface area contributed by atoms with Gasteiger partial charge in [0.2, 0.25) is 5.95 Å². The zero-order valence-electron chi connectivity index (χ0n) is 16.9. The molecule has 0 bridgehead atoms. The van der Waals surface area contributed by atoms with Crippen LogP contribution in [0.2, 0.25) is 0 Å². The summed E-state index contributed by atoms with van der Waals surface area (Å²) < 4.78 is 15.3. The molecule has 1 heterocycles. The normalized spacial score (nSPS) is 13.6. The molecule has 1 fully saturated rings. The van der Waals surface area contributed by atoms with E-state index in [0.717, 1.165) is 21.4 Å². The SMILES string of the molecule is Cc1nn(C)c(F)c1C(=O)Nc1ccccc1-c1ccc(C=NOCC2CC2)cc1. The van der Waals surface area contributed by atoms with Crippen molar-refractivity contribution in [2.24, 2.45) is 18.1 Å². The molecule has 1 aromatic heterocycles. The van der Waals surface area contributed by atoms with Crippen molar-refractivity contribution in [3.8, 4) is 11.1 Å². The van der Waals surface area contributed by atoms with Gasteiger partial charge in [0, 0.05) is 18.3 Å². The largest absolute Gasteiger partial charge is 0.396 e. The van der Waals surface area contributed by atoms with Gasteiger partial charge in [-0.15, -0.1) is 0 Å². The monoisotopic (exact) mass is 406 g/mol. The fraction of sp³-hybridized carbons (Fsp3) is 0.261. The van der Waals surface area contributed by atoms with Crippen molar-refractivity contribution >= 4 is 17.8 Å². The van der Waals surface area contributed by atoms with E-state index in [9.17, 15) is 9.18 Å². The number of benzene rings is 2. The zero-order valence-corrected chi connectivity index (χ0v) is 16.9. The van der Waals surface area contributed by atoms with Crippen LogP contribution in [0.25, 0.3) is 11.1 Å². The maximum absolute atomic E-state index is 14.2. The quantitative estimate of drug-likeness (QED) is 0.462. The molecule has 0 aliphatic heterocycles. The molecule has 154 valence electrons. The van der Waals surface area contributed by atoms with Gasteiger partial charge in [-0.05, 0) is 42.9 Å². The molecule has 1 N–H and O–H groups in total. The van der Waals surface area contributed by atoms with Crippen LogP contribution in [0.3, 0.4) is 0 Å². The molecule has 0 atom stereocenters. The number of carbonyl (C=O) groups is 1. The van der Waals surface area contributed by atoms with Gasteiger partial charge in [-0.25, -0.2) is 4.68 Å². The third-order valence-electron chi connectivity index (χ3n) is 5.06. The van der Waals surface area contributed by atoms with Crippen molar-refractivity contribution in [3.05, 3.63) is 71.3 Å². The van der Waals surface area contributed by atoms with Crippen molar-refractivity contribution in [2.75, 3.05) is 11.9 Å². The maximum atomic E-state index is 14.2. The summed E-state index contributed by atoms with van der Waals surface area (Å²) in [6.45, 7) is 2.29. The van der Waals surface area contributed by atoms with Crippen LogP contribution in [0.5, 0.6) is 0 Å². The molecular formula is C23H23FN4O2. The molecule has 0 unspecified atom stereocenters. The average Bonchev–Trinajstić information content (AvgIpc) is 3.52. The summed E-state index contributed by atoms with van der Waals surface area (Å²) in [5.74, 6) is -0.516. The first-order valence-electron chi connectivity index (χ1n) is 9.88.